The minimum Gasteiger partial charge on any atom is -0.348 e. The summed E-state index contributed by atoms with van der Waals surface area (Å²) in [6, 6.07) is 5.36. The molecule has 0 saturated carbocycles. The summed E-state index contributed by atoms with van der Waals surface area (Å²) in [5.41, 5.74) is 1.53. The first kappa shape index (κ1) is 16.0. The predicted molar refractivity (Wildman–Crippen MR) is 98.8 cm³/mol. The van der Waals surface area contributed by atoms with Gasteiger partial charge in [-0.3, -0.25) is 14.3 Å². The van der Waals surface area contributed by atoms with Gasteiger partial charge in [0.1, 0.15) is 0 Å². The highest BCUT2D eigenvalue weighted by Crippen LogP contribution is 2.25. The van der Waals surface area contributed by atoms with Crippen LogP contribution in [-0.4, -0.2) is 32.6 Å². The standard InChI is InChI=1S/C18H19N5OS/c24-17-10-16(15-2-1-5-19-11-15)21-13-23(17)12-14-3-7-22(8-4-14)18-20-6-9-25-18/h1-2,5-6,9-11,13-14H,3-4,7-8,12H2. The summed E-state index contributed by atoms with van der Waals surface area (Å²) in [5.74, 6) is 0.500. The van der Waals surface area contributed by atoms with Crippen molar-refractivity contribution >= 4 is 16.5 Å². The van der Waals surface area contributed by atoms with E-state index in [0.29, 0.717) is 11.6 Å². The summed E-state index contributed by atoms with van der Waals surface area (Å²) in [6.45, 7) is 2.72. The van der Waals surface area contributed by atoms with Gasteiger partial charge < -0.3 is 4.90 Å². The summed E-state index contributed by atoms with van der Waals surface area (Å²) in [7, 11) is 0. The Balaban J connectivity index is 1.41. The molecule has 4 rings (SSSR count). The fourth-order valence-electron chi connectivity index (χ4n) is 3.19. The Morgan fingerprint density at radius 1 is 1.20 bits per heavy atom. The zero-order valence-corrected chi connectivity index (χ0v) is 14.6. The Kier molecular flexibility index (Phi) is 4.56. The molecule has 3 aromatic heterocycles. The Hall–Kier alpha value is -2.54. The van der Waals surface area contributed by atoms with Gasteiger partial charge in [0, 0.05) is 55.2 Å². The van der Waals surface area contributed by atoms with Crippen molar-refractivity contribution in [3.63, 3.8) is 0 Å². The van der Waals surface area contributed by atoms with Crippen molar-refractivity contribution in [2.45, 2.75) is 19.4 Å². The van der Waals surface area contributed by atoms with Crippen molar-refractivity contribution in [3.8, 4) is 11.3 Å². The minimum atomic E-state index is -0.00351. The van der Waals surface area contributed by atoms with Gasteiger partial charge in [-0.2, -0.15) is 0 Å². The van der Waals surface area contributed by atoms with Crippen LogP contribution >= 0.6 is 11.3 Å². The van der Waals surface area contributed by atoms with Crippen molar-refractivity contribution in [1.29, 1.82) is 0 Å². The molecule has 0 unspecified atom stereocenters. The molecule has 25 heavy (non-hydrogen) atoms. The quantitative estimate of drug-likeness (QED) is 0.721. The monoisotopic (exact) mass is 353 g/mol. The summed E-state index contributed by atoms with van der Waals surface area (Å²) in [6.07, 6.45) is 9.08. The SMILES string of the molecule is O=c1cc(-c2cccnc2)ncn1CC1CCN(c2nccs2)CC1. The molecule has 0 radical (unpaired) electrons. The Morgan fingerprint density at radius 2 is 2.08 bits per heavy atom. The van der Waals surface area contributed by atoms with Crippen LogP contribution in [-0.2, 0) is 6.54 Å². The second-order valence-corrected chi connectivity index (χ2v) is 7.12. The number of rotatable bonds is 4. The Morgan fingerprint density at radius 3 is 2.76 bits per heavy atom. The van der Waals surface area contributed by atoms with Crippen LogP contribution in [0.25, 0.3) is 11.3 Å². The lowest BCUT2D eigenvalue weighted by Gasteiger charge is -2.31. The lowest BCUT2D eigenvalue weighted by Crippen LogP contribution is -2.36. The molecule has 0 amide bonds. The third-order valence-corrected chi connectivity index (χ3v) is 5.43. The maximum Gasteiger partial charge on any atom is 0.253 e. The van der Waals surface area contributed by atoms with E-state index < -0.39 is 0 Å². The Labute approximate surface area is 149 Å². The number of hydrogen-bond acceptors (Lipinski definition) is 6. The molecule has 3 aromatic rings. The van der Waals surface area contributed by atoms with Crippen molar-refractivity contribution in [2.75, 3.05) is 18.0 Å². The number of aromatic nitrogens is 4. The van der Waals surface area contributed by atoms with Crippen molar-refractivity contribution in [3.05, 3.63) is 58.9 Å². The molecule has 128 valence electrons. The van der Waals surface area contributed by atoms with E-state index in [0.717, 1.165) is 43.2 Å². The number of nitrogens with zero attached hydrogens (tertiary/aromatic N) is 5. The first-order chi connectivity index (χ1) is 12.3. The fraction of sp³-hybridized carbons (Fsp3) is 0.333. The van der Waals surface area contributed by atoms with E-state index in [-0.39, 0.29) is 5.56 Å². The van der Waals surface area contributed by atoms with Gasteiger partial charge >= 0.3 is 0 Å². The number of piperidine rings is 1. The van der Waals surface area contributed by atoms with Gasteiger partial charge in [0.25, 0.3) is 5.56 Å². The van der Waals surface area contributed by atoms with E-state index in [1.54, 1.807) is 40.7 Å². The molecule has 1 aliphatic rings. The summed E-state index contributed by atoms with van der Waals surface area (Å²) in [4.78, 5) is 27.6. The molecule has 7 heteroatoms. The van der Waals surface area contributed by atoms with Crippen LogP contribution in [0.4, 0.5) is 5.13 Å². The van der Waals surface area contributed by atoms with Gasteiger partial charge in [0.2, 0.25) is 0 Å². The molecule has 0 atom stereocenters. The van der Waals surface area contributed by atoms with Crippen LogP contribution in [0, 0.1) is 5.92 Å². The molecule has 0 N–H and O–H groups in total. The Bertz CT molecular complexity index is 870. The third kappa shape index (κ3) is 3.61. The predicted octanol–water partition coefficient (Wildman–Crippen LogP) is 2.68. The van der Waals surface area contributed by atoms with Gasteiger partial charge in [-0.15, -0.1) is 11.3 Å². The number of thiazole rings is 1. The van der Waals surface area contributed by atoms with Crippen LogP contribution in [0.2, 0.25) is 0 Å². The van der Waals surface area contributed by atoms with Crippen molar-refractivity contribution in [2.24, 2.45) is 5.92 Å². The first-order valence-corrected chi connectivity index (χ1v) is 9.29. The van der Waals surface area contributed by atoms with Crippen LogP contribution < -0.4 is 10.5 Å². The topological polar surface area (TPSA) is 63.9 Å². The molecule has 0 aliphatic carbocycles. The summed E-state index contributed by atoms with van der Waals surface area (Å²) < 4.78 is 1.73. The summed E-state index contributed by atoms with van der Waals surface area (Å²) >= 11 is 1.68. The molecule has 1 fully saturated rings. The number of pyridine rings is 1. The van der Waals surface area contributed by atoms with Gasteiger partial charge in [-0.25, -0.2) is 9.97 Å². The van der Waals surface area contributed by atoms with E-state index in [1.165, 1.54) is 0 Å². The van der Waals surface area contributed by atoms with Crippen LogP contribution in [0.1, 0.15) is 12.8 Å². The van der Waals surface area contributed by atoms with Gasteiger partial charge in [0.15, 0.2) is 5.13 Å². The lowest BCUT2D eigenvalue weighted by molar-refractivity contribution is 0.351. The molecule has 0 bridgehead atoms. The normalized spacial score (nSPS) is 15.4. The van der Waals surface area contributed by atoms with Crippen molar-refractivity contribution in [1.82, 2.24) is 19.5 Å². The number of anilines is 1. The van der Waals surface area contributed by atoms with Crippen LogP contribution in [0.3, 0.4) is 0 Å². The molecule has 4 heterocycles. The average Bonchev–Trinajstić information content (AvgIpc) is 3.19. The molecule has 6 nitrogen and oxygen atoms in total. The lowest BCUT2D eigenvalue weighted by atomic mass is 9.97. The third-order valence-electron chi connectivity index (χ3n) is 4.60. The van der Waals surface area contributed by atoms with E-state index >= 15 is 0 Å². The van der Waals surface area contributed by atoms with Crippen LogP contribution in [0.15, 0.2) is 53.3 Å². The average molecular weight is 353 g/mol. The van der Waals surface area contributed by atoms with Crippen molar-refractivity contribution < 1.29 is 0 Å². The van der Waals surface area contributed by atoms with Gasteiger partial charge in [0.05, 0.1) is 12.0 Å². The van der Waals surface area contributed by atoms with E-state index in [2.05, 4.69) is 19.9 Å². The van der Waals surface area contributed by atoms with E-state index in [4.69, 9.17) is 0 Å². The smallest absolute Gasteiger partial charge is 0.253 e. The summed E-state index contributed by atoms with van der Waals surface area (Å²) in [5, 5.41) is 3.11. The minimum absolute atomic E-state index is 0.00351. The largest absolute Gasteiger partial charge is 0.348 e. The van der Waals surface area contributed by atoms with Crippen LogP contribution in [0.5, 0.6) is 0 Å². The van der Waals surface area contributed by atoms with E-state index in [1.807, 2.05) is 23.7 Å². The molecule has 0 spiro atoms. The maximum atomic E-state index is 12.4. The zero-order chi connectivity index (χ0) is 17.1. The fourth-order valence-corrected chi connectivity index (χ4v) is 3.89. The van der Waals surface area contributed by atoms with Gasteiger partial charge in [-0.1, -0.05) is 0 Å². The first-order valence-electron chi connectivity index (χ1n) is 8.41. The maximum absolute atomic E-state index is 12.4. The molecule has 0 aromatic carbocycles. The highest BCUT2D eigenvalue weighted by Gasteiger charge is 2.21. The number of hydrogen-bond donors (Lipinski definition) is 0. The van der Waals surface area contributed by atoms with E-state index in [9.17, 15) is 4.79 Å². The molecular formula is C18H19N5OS. The molecule has 1 aliphatic heterocycles. The second-order valence-electron chi connectivity index (χ2n) is 6.25. The highest BCUT2D eigenvalue weighted by atomic mass is 32.1. The van der Waals surface area contributed by atoms with Gasteiger partial charge in [-0.05, 0) is 30.9 Å². The highest BCUT2D eigenvalue weighted by molar-refractivity contribution is 7.13. The second kappa shape index (κ2) is 7.14. The molecule has 1 saturated heterocycles. The molecular weight excluding hydrogens is 334 g/mol. The zero-order valence-electron chi connectivity index (χ0n) is 13.8.